The summed E-state index contributed by atoms with van der Waals surface area (Å²) in [4.78, 5) is 30.6. The Labute approximate surface area is 164 Å². The zero-order valence-corrected chi connectivity index (χ0v) is 16.3. The molecule has 0 saturated carbocycles. The topological polar surface area (TPSA) is 65.0 Å². The summed E-state index contributed by atoms with van der Waals surface area (Å²) in [6.07, 6.45) is 1.77. The van der Waals surface area contributed by atoms with Gasteiger partial charge in [-0.3, -0.25) is 4.99 Å². The molecule has 0 amide bonds. The lowest BCUT2D eigenvalue weighted by atomic mass is 9.86. The van der Waals surface area contributed by atoms with E-state index >= 15 is 0 Å². The normalized spacial score (nSPS) is 14.8. The van der Waals surface area contributed by atoms with Gasteiger partial charge >= 0.3 is 11.9 Å². The van der Waals surface area contributed by atoms with Gasteiger partial charge in [0.1, 0.15) is 0 Å². The van der Waals surface area contributed by atoms with E-state index in [1.165, 1.54) is 0 Å². The first kappa shape index (κ1) is 19.5. The molecule has 1 aliphatic heterocycles. The van der Waals surface area contributed by atoms with Crippen molar-refractivity contribution in [3.05, 3.63) is 77.4 Å². The second kappa shape index (κ2) is 8.21. The minimum absolute atomic E-state index is 0.136. The summed E-state index contributed by atoms with van der Waals surface area (Å²) in [6.45, 7) is 5.66. The maximum absolute atomic E-state index is 13.0. The fourth-order valence-corrected chi connectivity index (χ4v) is 3.16. The Kier molecular flexibility index (Phi) is 5.73. The molecule has 5 heteroatoms. The molecule has 28 heavy (non-hydrogen) atoms. The van der Waals surface area contributed by atoms with Gasteiger partial charge in [0, 0.05) is 5.57 Å². The van der Waals surface area contributed by atoms with E-state index in [2.05, 4.69) is 4.99 Å². The number of allylic oxidation sites excluding steroid dienone is 1. The first-order chi connectivity index (χ1) is 13.5. The zero-order valence-electron chi connectivity index (χ0n) is 16.3. The number of ether oxygens (including phenoxy) is 2. The van der Waals surface area contributed by atoms with E-state index in [0.29, 0.717) is 11.3 Å². The van der Waals surface area contributed by atoms with Gasteiger partial charge in [-0.2, -0.15) is 0 Å². The number of benzene rings is 2. The predicted octanol–water partition coefficient (Wildman–Crippen LogP) is 3.75. The van der Waals surface area contributed by atoms with Gasteiger partial charge in [0.25, 0.3) is 5.54 Å². The van der Waals surface area contributed by atoms with E-state index in [-0.39, 0.29) is 13.2 Å². The highest BCUT2D eigenvalue weighted by Crippen LogP contribution is 2.39. The molecule has 3 rings (SSSR count). The minimum Gasteiger partial charge on any atom is -0.463 e. The highest BCUT2D eigenvalue weighted by molar-refractivity contribution is 6.28. The maximum atomic E-state index is 13.0. The van der Waals surface area contributed by atoms with Crippen molar-refractivity contribution in [1.29, 1.82) is 0 Å². The highest BCUT2D eigenvalue weighted by atomic mass is 16.6. The Morgan fingerprint density at radius 3 is 1.96 bits per heavy atom. The van der Waals surface area contributed by atoms with Crippen LogP contribution in [0.15, 0.2) is 65.7 Å². The Bertz CT molecular complexity index is 909. The molecular formula is C23H23NO4. The van der Waals surface area contributed by atoms with Crippen molar-refractivity contribution in [1.82, 2.24) is 0 Å². The second-order valence-corrected chi connectivity index (χ2v) is 6.44. The monoisotopic (exact) mass is 377 g/mol. The SMILES string of the molecule is CCOC(=O)C1(C(=O)OCC)N=C(c2ccc(C)cc2)C=C1c1ccccc1. The first-order valence-corrected chi connectivity index (χ1v) is 9.31. The molecule has 0 fully saturated rings. The van der Waals surface area contributed by atoms with Crippen molar-refractivity contribution in [3.63, 3.8) is 0 Å². The average molecular weight is 377 g/mol. The van der Waals surface area contributed by atoms with Gasteiger partial charge < -0.3 is 9.47 Å². The lowest BCUT2D eigenvalue weighted by Crippen LogP contribution is -2.47. The Balaban J connectivity index is 2.22. The molecule has 0 aromatic heterocycles. The van der Waals surface area contributed by atoms with Crippen LogP contribution in [0.4, 0.5) is 0 Å². The van der Waals surface area contributed by atoms with Crippen LogP contribution in [-0.4, -0.2) is 36.4 Å². The zero-order chi connectivity index (χ0) is 20.1. The highest BCUT2D eigenvalue weighted by Gasteiger charge is 2.55. The predicted molar refractivity (Wildman–Crippen MR) is 108 cm³/mol. The second-order valence-electron chi connectivity index (χ2n) is 6.44. The molecule has 2 aromatic rings. The number of aliphatic imine (C=N–C) groups is 1. The van der Waals surface area contributed by atoms with E-state index < -0.39 is 17.5 Å². The molecule has 0 unspecified atom stereocenters. The van der Waals surface area contributed by atoms with Crippen LogP contribution in [0.1, 0.15) is 30.5 Å². The summed E-state index contributed by atoms with van der Waals surface area (Å²) >= 11 is 0. The molecular weight excluding hydrogens is 354 g/mol. The van der Waals surface area contributed by atoms with Crippen molar-refractivity contribution in [2.45, 2.75) is 26.3 Å². The standard InChI is InChI=1S/C23H23NO4/c1-4-27-21(25)23(22(26)28-5-2)19(17-9-7-6-8-10-17)15-20(24-23)18-13-11-16(3)12-14-18/h6-15H,4-5H2,1-3H3. The quantitative estimate of drug-likeness (QED) is 0.568. The molecule has 0 spiro atoms. The molecule has 2 aromatic carbocycles. The lowest BCUT2D eigenvalue weighted by molar-refractivity contribution is -0.160. The number of carbonyl (C=O) groups excluding carboxylic acids is 2. The van der Waals surface area contributed by atoms with Gasteiger partial charge in [-0.05, 0) is 38.0 Å². The minimum atomic E-state index is -1.87. The Hall–Kier alpha value is -3.21. The Morgan fingerprint density at radius 2 is 1.43 bits per heavy atom. The van der Waals surface area contributed by atoms with E-state index in [0.717, 1.165) is 16.7 Å². The molecule has 0 aliphatic carbocycles. The van der Waals surface area contributed by atoms with Gasteiger partial charge in [0.05, 0.1) is 18.9 Å². The van der Waals surface area contributed by atoms with Crippen LogP contribution in [0.3, 0.4) is 0 Å². The van der Waals surface area contributed by atoms with Crippen molar-refractivity contribution in [2.75, 3.05) is 13.2 Å². The number of aryl methyl sites for hydroxylation is 1. The van der Waals surface area contributed by atoms with Crippen molar-refractivity contribution in [2.24, 2.45) is 4.99 Å². The van der Waals surface area contributed by atoms with Crippen LogP contribution >= 0.6 is 0 Å². The summed E-state index contributed by atoms with van der Waals surface area (Å²) in [6, 6.07) is 17.0. The van der Waals surface area contributed by atoms with E-state index in [1.54, 1.807) is 19.9 Å². The summed E-state index contributed by atoms with van der Waals surface area (Å²) in [5.74, 6) is -1.46. The number of hydrogen-bond donors (Lipinski definition) is 0. The summed E-state index contributed by atoms with van der Waals surface area (Å²) in [5.41, 5.74) is 1.77. The Morgan fingerprint density at radius 1 is 0.857 bits per heavy atom. The number of hydrogen-bond acceptors (Lipinski definition) is 5. The first-order valence-electron chi connectivity index (χ1n) is 9.31. The van der Waals surface area contributed by atoms with Crippen LogP contribution < -0.4 is 0 Å². The lowest BCUT2D eigenvalue weighted by Gasteiger charge is -2.25. The van der Waals surface area contributed by atoms with Crippen LogP contribution in [0.25, 0.3) is 5.57 Å². The third-order valence-electron chi connectivity index (χ3n) is 4.53. The number of carbonyl (C=O) groups is 2. The summed E-state index contributed by atoms with van der Waals surface area (Å²) in [5, 5.41) is 0. The van der Waals surface area contributed by atoms with Crippen LogP contribution in [0, 0.1) is 6.92 Å². The molecule has 1 aliphatic rings. The van der Waals surface area contributed by atoms with E-state index in [9.17, 15) is 9.59 Å². The largest absolute Gasteiger partial charge is 0.463 e. The van der Waals surface area contributed by atoms with Crippen molar-refractivity contribution in [3.8, 4) is 0 Å². The molecule has 0 bridgehead atoms. The third kappa shape index (κ3) is 3.48. The van der Waals surface area contributed by atoms with Crippen LogP contribution in [-0.2, 0) is 19.1 Å². The summed E-state index contributed by atoms with van der Waals surface area (Å²) < 4.78 is 10.5. The molecule has 0 N–H and O–H groups in total. The molecule has 0 radical (unpaired) electrons. The number of esters is 2. The maximum Gasteiger partial charge on any atom is 0.350 e. The fraction of sp³-hybridized carbons (Fsp3) is 0.261. The van der Waals surface area contributed by atoms with Crippen molar-refractivity contribution >= 4 is 23.2 Å². The number of rotatable bonds is 6. The molecule has 1 heterocycles. The third-order valence-corrected chi connectivity index (χ3v) is 4.53. The van der Waals surface area contributed by atoms with Crippen molar-refractivity contribution < 1.29 is 19.1 Å². The van der Waals surface area contributed by atoms with Crippen LogP contribution in [0.2, 0.25) is 0 Å². The molecule has 144 valence electrons. The average Bonchev–Trinajstić information content (AvgIpc) is 3.11. The van der Waals surface area contributed by atoms with E-state index in [4.69, 9.17) is 9.47 Å². The van der Waals surface area contributed by atoms with Gasteiger partial charge in [-0.15, -0.1) is 0 Å². The molecule has 5 nitrogen and oxygen atoms in total. The smallest absolute Gasteiger partial charge is 0.350 e. The number of nitrogens with zero attached hydrogens (tertiary/aromatic N) is 1. The van der Waals surface area contributed by atoms with Gasteiger partial charge in [-0.1, -0.05) is 60.2 Å². The van der Waals surface area contributed by atoms with Gasteiger partial charge in [0.2, 0.25) is 0 Å². The molecule has 0 saturated heterocycles. The molecule has 0 atom stereocenters. The fourth-order valence-electron chi connectivity index (χ4n) is 3.16. The summed E-state index contributed by atoms with van der Waals surface area (Å²) in [7, 11) is 0. The van der Waals surface area contributed by atoms with E-state index in [1.807, 2.05) is 61.5 Å². The van der Waals surface area contributed by atoms with Crippen LogP contribution in [0.5, 0.6) is 0 Å². The van der Waals surface area contributed by atoms with Gasteiger partial charge in [0.15, 0.2) is 0 Å². The van der Waals surface area contributed by atoms with Gasteiger partial charge in [-0.25, -0.2) is 9.59 Å².